The fourth-order valence-electron chi connectivity index (χ4n) is 2.47. The molecule has 3 aromatic rings. The molecule has 132 valence electrons. The molecule has 1 amide bonds. The second-order valence-corrected chi connectivity index (χ2v) is 5.59. The number of H-pyrrole nitrogens is 1. The molecular weight excluding hydrogens is 335 g/mol. The number of amides is 1. The van der Waals surface area contributed by atoms with Gasteiger partial charge in [0.2, 0.25) is 5.78 Å². The Morgan fingerprint density at radius 3 is 2.73 bits per heavy atom. The Morgan fingerprint density at radius 1 is 1.19 bits per heavy atom. The predicted octanol–water partition coefficient (Wildman–Crippen LogP) is 2.87. The minimum absolute atomic E-state index is 0.0553. The van der Waals surface area contributed by atoms with Gasteiger partial charge < -0.3 is 10.3 Å². The van der Waals surface area contributed by atoms with E-state index in [1.807, 2.05) is 6.07 Å². The smallest absolute Gasteiger partial charge is 0.287 e. The van der Waals surface area contributed by atoms with Gasteiger partial charge in [-0.25, -0.2) is 9.37 Å². The van der Waals surface area contributed by atoms with Crippen LogP contribution in [0.4, 0.5) is 4.39 Å². The molecule has 0 aliphatic carbocycles. The molecule has 0 bridgehead atoms. The molecule has 26 heavy (non-hydrogen) atoms. The average Bonchev–Trinajstić information content (AvgIpc) is 3.10. The largest absolute Gasteiger partial charge is 0.342 e. The molecule has 0 fully saturated rings. The van der Waals surface area contributed by atoms with Crippen molar-refractivity contribution in [1.29, 1.82) is 0 Å². The highest BCUT2D eigenvalue weighted by Gasteiger charge is 2.17. The Bertz CT molecular complexity index is 938. The topological polar surface area (TPSA) is 87.7 Å². The molecule has 0 saturated carbocycles. The summed E-state index contributed by atoms with van der Waals surface area (Å²) < 4.78 is 13.6. The van der Waals surface area contributed by atoms with E-state index in [1.54, 1.807) is 37.4 Å². The zero-order valence-corrected chi connectivity index (χ0v) is 14.1. The van der Waals surface area contributed by atoms with Crippen LogP contribution in [-0.2, 0) is 16.1 Å². The standard InChI is InChI=1S/C19H17FN4O2/c1-2-15(25)19(26)22-11-16-23-17(12-6-5-7-13(20)10-12)18(24-16)14-8-3-4-9-21-14/h3-10H,2,11H2,1H3,(H,22,26)(H,23,24). The van der Waals surface area contributed by atoms with E-state index in [0.29, 0.717) is 28.5 Å². The first kappa shape index (κ1) is 17.5. The number of carbonyl (C=O) groups is 2. The van der Waals surface area contributed by atoms with Crippen LogP contribution in [0, 0.1) is 5.82 Å². The van der Waals surface area contributed by atoms with E-state index in [2.05, 4.69) is 20.3 Å². The fourth-order valence-corrected chi connectivity index (χ4v) is 2.47. The van der Waals surface area contributed by atoms with E-state index in [4.69, 9.17) is 0 Å². The molecule has 1 aromatic carbocycles. The second-order valence-electron chi connectivity index (χ2n) is 5.59. The second kappa shape index (κ2) is 7.69. The molecule has 2 N–H and O–H groups in total. The number of ketones is 1. The number of hydrogen-bond donors (Lipinski definition) is 2. The molecule has 0 aliphatic heterocycles. The molecule has 6 nitrogen and oxygen atoms in total. The van der Waals surface area contributed by atoms with Crippen molar-refractivity contribution < 1.29 is 14.0 Å². The van der Waals surface area contributed by atoms with Crippen molar-refractivity contribution in [2.24, 2.45) is 0 Å². The molecule has 0 atom stereocenters. The normalized spacial score (nSPS) is 10.5. The van der Waals surface area contributed by atoms with Crippen molar-refractivity contribution in [3.63, 3.8) is 0 Å². The number of nitrogens with one attached hydrogen (secondary N) is 2. The zero-order valence-electron chi connectivity index (χ0n) is 14.1. The SMILES string of the molecule is CCC(=O)C(=O)NCc1nc(-c2cccc(F)c2)c(-c2ccccn2)[nH]1. The quantitative estimate of drug-likeness (QED) is 0.668. The third-order valence-electron chi connectivity index (χ3n) is 3.76. The highest BCUT2D eigenvalue weighted by Crippen LogP contribution is 2.29. The Balaban J connectivity index is 1.96. The van der Waals surface area contributed by atoms with E-state index in [1.165, 1.54) is 12.1 Å². The van der Waals surface area contributed by atoms with Crippen molar-refractivity contribution in [1.82, 2.24) is 20.3 Å². The number of Topliss-reactive ketones (excluding diaryl/α,β-unsaturated/α-hetero) is 1. The van der Waals surface area contributed by atoms with Crippen molar-refractivity contribution in [2.45, 2.75) is 19.9 Å². The lowest BCUT2D eigenvalue weighted by atomic mass is 10.1. The van der Waals surface area contributed by atoms with E-state index in [-0.39, 0.29) is 18.8 Å². The lowest BCUT2D eigenvalue weighted by Crippen LogP contribution is -2.30. The number of carbonyl (C=O) groups excluding carboxylic acids is 2. The number of pyridine rings is 1. The van der Waals surface area contributed by atoms with Crippen molar-refractivity contribution >= 4 is 11.7 Å². The van der Waals surface area contributed by atoms with Gasteiger partial charge in [-0.1, -0.05) is 25.1 Å². The number of aromatic nitrogens is 3. The molecule has 2 heterocycles. The van der Waals surface area contributed by atoms with Gasteiger partial charge in [-0.3, -0.25) is 14.6 Å². The minimum Gasteiger partial charge on any atom is -0.342 e. The van der Waals surface area contributed by atoms with Gasteiger partial charge in [0.1, 0.15) is 11.6 Å². The van der Waals surface area contributed by atoms with Crippen LogP contribution >= 0.6 is 0 Å². The van der Waals surface area contributed by atoms with Crippen LogP contribution in [0.3, 0.4) is 0 Å². The summed E-state index contributed by atoms with van der Waals surface area (Å²) in [4.78, 5) is 34.9. The van der Waals surface area contributed by atoms with Crippen LogP contribution in [-0.4, -0.2) is 26.6 Å². The minimum atomic E-state index is -0.657. The van der Waals surface area contributed by atoms with Gasteiger partial charge in [-0.15, -0.1) is 0 Å². The van der Waals surface area contributed by atoms with Crippen LogP contribution in [0.1, 0.15) is 19.2 Å². The molecule has 3 rings (SSSR count). The molecule has 0 spiro atoms. The maximum absolute atomic E-state index is 13.6. The van der Waals surface area contributed by atoms with Crippen LogP contribution in [0.15, 0.2) is 48.7 Å². The van der Waals surface area contributed by atoms with E-state index < -0.39 is 11.7 Å². The van der Waals surface area contributed by atoms with Crippen LogP contribution in [0.2, 0.25) is 0 Å². The third-order valence-corrected chi connectivity index (χ3v) is 3.76. The van der Waals surface area contributed by atoms with Gasteiger partial charge in [0, 0.05) is 18.2 Å². The van der Waals surface area contributed by atoms with Crippen LogP contribution < -0.4 is 5.32 Å². The fraction of sp³-hybridized carbons (Fsp3) is 0.158. The molecule has 0 unspecified atom stereocenters. The maximum atomic E-state index is 13.6. The summed E-state index contributed by atoms with van der Waals surface area (Å²) in [6.45, 7) is 1.68. The predicted molar refractivity (Wildman–Crippen MR) is 94.4 cm³/mol. The number of nitrogens with zero attached hydrogens (tertiary/aromatic N) is 2. The van der Waals surface area contributed by atoms with E-state index in [0.717, 1.165) is 0 Å². The molecule has 0 aliphatic rings. The van der Waals surface area contributed by atoms with E-state index in [9.17, 15) is 14.0 Å². The number of rotatable bonds is 6. The molecular formula is C19H17FN4O2. The maximum Gasteiger partial charge on any atom is 0.287 e. The highest BCUT2D eigenvalue weighted by atomic mass is 19.1. The van der Waals surface area contributed by atoms with Crippen molar-refractivity contribution in [2.75, 3.05) is 0 Å². The number of hydrogen-bond acceptors (Lipinski definition) is 4. The highest BCUT2D eigenvalue weighted by molar-refractivity contribution is 6.35. The van der Waals surface area contributed by atoms with Crippen molar-refractivity contribution in [3.8, 4) is 22.6 Å². The monoisotopic (exact) mass is 352 g/mol. The molecule has 0 saturated heterocycles. The zero-order chi connectivity index (χ0) is 18.5. The van der Waals surface area contributed by atoms with Gasteiger partial charge in [0.05, 0.1) is 23.6 Å². The van der Waals surface area contributed by atoms with E-state index >= 15 is 0 Å². The summed E-state index contributed by atoms with van der Waals surface area (Å²) in [6, 6.07) is 11.5. The lowest BCUT2D eigenvalue weighted by Gasteiger charge is -2.02. The molecule has 7 heteroatoms. The Labute approximate surface area is 149 Å². The summed E-state index contributed by atoms with van der Waals surface area (Å²) >= 11 is 0. The third kappa shape index (κ3) is 3.83. The Morgan fingerprint density at radius 2 is 2.04 bits per heavy atom. The summed E-state index contributed by atoms with van der Waals surface area (Å²) in [5, 5.41) is 2.53. The van der Waals surface area contributed by atoms with Crippen LogP contribution in [0.25, 0.3) is 22.6 Å². The summed E-state index contributed by atoms with van der Waals surface area (Å²) in [5.41, 5.74) is 2.36. The van der Waals surface area contributed by atoms with Gasteiger partial charge in [-0.05, 0) is 24.3 Å². The molecule has 0 radical (unpaired) electrons. The summed E-state index contributed by atoms with van der Waals surface area (Å²) in [7, 11) is 0. The van der Waals surface area contributed by atoms with Crippen LogP contribution in [0.5, 0.6) is 0 Å². The Kier molecular flexibility index (Phi) is 5.17. The average molecular weight is 352 g/mol. The first-order valence-electron chi connectivity index (χ1n) is 8.15. The van der Waals surface area contributed by atoms with Gasteiger partial charge in [0.15, 0.2) is 0 Å². The van der Waals surface area contributed by atoms with Gasteiger partial charge >= 0.3 is 0 Å². The Hall–Kier alpha value is -3.35. The summed E-state index contributed by atoms with van der Waals surface area (Å²) in [6.07, 6.45) is 1.78. The van der Waals surface area contributed by atoms with Gasteiger partial charge in [0.25, 0.3) is 5.91 Å². The van der Waals surface area contributed by atoms with Crippen molar-refractivity contribution in [3.05, 3.63) is 60.3 Å². The number of aromatic amines is 1. The number of halogens is 1. The summed E-state index contributed by atoms with van der Waals surface area (Å²) in [5.74, 6) is -1.08. The first-order chi connectivity index (χ1) is 12.6. The first-order valence-corrected chi connectivity index (χ1v) is 8.15. The number of imidazole rings is 1. The lowest BCUT2D eigenvalue weighted by molar-refractivity contribution is -0.137. The number of benzene rings is 1. The van der Waals surface area contributed by atoms with Gasteiger partial charge in [-0.2, -0.15) is 0 Å². The molecule has 2 aromatic heterocycles.